The number of hydrogen-bond acceptors (Lipinski definition) is 0. The molecule has 1 heteroatoms. The zero-order chi connectivity index (χ0) is 8.72. The van der Waals surface area contributed by atoms with Gasteiger partial charge in [-0.15, -0.1) is 0 Å². The quantitative estimate of drug-likeness (QED) is 0.584. The molecule has 0 fully saturated rings. The van der Waals surface area contributed by atoms with Gasteiger partial charge < -0.3 is 0 Å². The van der Waals surface area contributed by atoms with Crippen molar-refractivity contribution in [3.8, 4) is 0 Å². The molecule has 0 nitrogen and oxygen atoms in total. The van der Waals surface area contributed by atoms with Gasteiger partial charge in [-0.05, 0) is 30.5 Å². The summed E-state index contributed by atoms with van der Waals surface area (Å²) in [7, 11) is 0. The second-order valence-corrected chi connectivity index (χ2v) is 4.17. The van der Waals surface area contributed by atoms with Crippen molar-refractivity contribution in [2.24, 2.45) is 0 Å². The van der Waals surface area contributed by atoms with Crippen molar-refractivity contribution in [1.82, 2.24) is 0 Å². The molecule has 1 unspecified atom stereocenters. The molecule has 1 aromatic carbocycles. The number of hydrogen-bond donors (Lipinski definition) is 0. The summed E-state index contributed by atoms with van der Waals surface area (Å²) in [4.78, 5) is 0.439. The predicted octanol–water partition coefficient (Wildman–Crippen LogP) is 3.93. The number of allylic oxidation sites excluding steroid dienone is 2. The van der Waals surface area contributed by atoms with Crippen molar-refractivity contribution < 1.29 is 0 Å². The normalized spacial score (nSPS) is 21.4. The number of halogens is 1. The van der Waals surface area contributed by atoms with Gasteiger partial charge in [0.25, 0.3) is 0 Å². The van der Waals surface area contributed by atoms with Crippen LogP contribution in [0.15, 0.2) is 29.8 Å². The molecule has 12 heavy (non-hydrogen) atoms. The van der Waals surface area contributed by atoms with Crippen LogP contribution in [0.5, 0.6) is 0 Å². The van der Waals surface area contributed by atoms with Crippen LogP contribution in [0, 0.1) is 0 Å². The SMILES string of the molecule is CC1=C(C)C(Br)c2ccccc21. The lowest BCUT2D eigenvalue weighted by Gasteiger charge is -2.03. The summed E-state index contributed by atoms with van der Waals surface area (Å²) >= 11 is 3.68. The third kappa shape index (κ3) is 0.962. The summed E-state index contributed by atoms with van der Waals surface area (Å²) in [5.41, 5.74) is 5.67. The molecule has 0 spiro atoms. The van der Waals surface area contributed by atoms with Crippen LogP contribution in [0.3, 0.4) is 0 Å². The van der Waals surface area contributed by atoms with Gasteiger partial charge in [-0.25, -0.2) is 0 Å². The van der Waals surface area contributed by atoms with Gasteiger partial charge in [0.1, 0.15) is 0 Å². The van der Waals surface area contributed by atoms with E-state index in [0.717, 1.165) is 0 Å². The smallest absolute Gasteiger partial charge is 0.0613 e. The van der Waals surface area contributed by atoms with Crippen LogP contribution in [0.25, 0.3) is 5.57 Å². The number of benzene rings is 1. The molecule has 0 amide bonds. The second-order valence-electron chi connectivity index (χ2n) is 3.26. The average Bonchev–Trinajstić information content (AvgIpc) is 2.33. The van der Waals surface area contributed by atoms with E-state index < -0.39 is 0 Å². The summed E-state index contributed by atoms with van der Waals surface area (Å²) in [5, 5.41) is 0. The third-order valence-electron chi connectivity index (χ3n) is 2.61. The second kappa shape index (κ2) is 2.74. The lowest BCUT2D eigenvalue weighted by molar-refractivity contribution is 1.18. The zero-order valence-electron chi connectivity index (χ0n) is 7.26. The molecule has 1 aliphatic carbocycles. The van der Waals surface area contributed by atoms with Crippen molar-refractivity contribution in [3.05, 3.63) is 41.0 Å². The first-order valence-corrected chi connectivity index (χ1v) is 5.04. The molecule has 0 aromatic heterocycles. The Kier molecular flexibility index (Phi) is 1.84. The summed E-state index contributed by atoms with van der Waals surface area (Å²) in [6.45, 7) is 4.38. The van der Waals surface area contributed by atoms with E-state index in [-0.39, 0.29) is 0 Å². The van der Waals surface area contributed by atoms with Gasteiger partial charge in [-0.3, -0.25) is 0 Å². The van der Waals surface area contributed by atoms with Gasteiger partial charge in [0.2, 0.25) is 0 Å². The van der Waals surface area contributed by atoms with E-state index in [1.54, 1.807) is 0 Å². The van der Waals surface area contributed by atoms with Crippen molar-refractivity contribution >= 4 is 21.5 Å². The van der Waals surface area contributed by atoms with Crippen LogP contribution in [-0.2, 0) is 0 Å². The Bertz CT molecular complexity index is 350. The molecule has 1 aliphatic rings. The lowest BCUT2D eigenvalue weighted by atomic mass is 10.1. The van der Waals surface area contributed by atoms with Crippen molar-refractivity contribution in [3.63, 3.8) is 0 Å². The molecule has 0 bridgehead atoms. The molecule has 2 rings (SSSR count). The molecule has 0 saturated carbocycles. The van der Waals surface area contributed by atoms with Gasteiger partial charge in [0.15, 0.2) is 0 Å². The minimum atomic E-state index is 0.439. The fourth-order valence-electron chi connectivity index (χ4n) is 1.70. The molecule has 1 atom stereocenters. The van der Waals surface area contributed by atoms with Gasteiger partial charge in [-0.1, -0.05) is 45.8 Å². The molecular weight excluding hydrogens is 212 g/mol. The van der Waals surface area contributed by atoms with E-state index in [4.69, 9.17) is 0 Å². The summed E-state index contributed by atoms with van der Waals surface area (Å²) in [6.07, 6.45) is 0. The van der Waals surface area contributed by atoms with Gasteiger partial charge >= 0.3 is 0 Å². The van der Waals surface area contributed by atoms with Crippen LogP contribution >= 0.6 is 15.9 Å². The van der Waals surface area contributed by atoms with Crippen LogP contribution in [-0.4, -0.2) is 0 Å². The van der Waals surface area contributed by atoms with Crippen molar-refractivity contribution in [2.75, 3.05) is 0 Å². The molecule has 0 N–H and O–H groups in total. The molecule has 0 radical (unpaired) electrons. The van der Waals surface area contributed by atoms with E-state index in [0.29, 0.717) is 4.83 Å². The largest absolute Gasteiger partial charge is 0.0790 e. The minimum absolute atomic E-state index is 0.439. The Morgan fingerprint density at radius 2 is 1.83 bits per heavy atom. The first-order chi connectivity index (χ1) is 5.72. The number of alkyl halides is 1. The highest BCUT2D eigenvalue weighted by Gasteiger charge is 2.22. The topological polar surface area (TPSA) is 0 Å². The zero-order valence-corrected chi connectivity index (χ0v) is 8.85. The predicted molar refractivity (Wildman–Crippen MR) is 56.4 cm³/mol. The Labute approximate surface area is 81.4 Å². The third-order valence-corrected chi connectivity index (χ3v) is 3.79. The fraction of sp³-hybridized carbons (Fsp3) is 0.273. The average molecular weight is 223 g/mol. The summed E-state index contributed by atoms with van der Waals surface area (Å²) in [5.74, 6) is 0. The minimum Gasteiger partial charge on any atom is -0.0790 e. The molecule has 0 saturated heterocycles. The number of fused-ring (bicyclic) bond motifs is 1. The highest BCUT2D eigenvalue weighted by atomic mass is 79.9. The van der Waals surface area contributed by atoms with Crippen molar-refractivity contribution in [2.45, 2.75) is 18.7 Å². The first-order valence-electron chi connectivity index (χ1n) is 4.12. The van der Waals surface area contributed by atoms with E-state index in [2.05, 4.69) is 54.0 Å². The van der Waals surface area contributed by atoms with E-state index in [9.17, 15) is 0 Å². The lowest BCUT2D eigenvalue weighted by Crippen LogP contribution is -1.84. The Balaban J connectivity index is 2.65. The first kappa shape index (κ1) is 8.06. The van der Waals surface area contributed by atoms with Crippen molar-refractivity contribution in [1.29, 1.82) is 0 Å². The molecule has 0 heterocycles. The maximum absolute atomic E-state index is 3.68. The monoisotopic (exact) mass is 222 g/mol. The number of rotatable bonds is 0. The van der Waals surface area contributed by atoms with Gasteiger partial charge in [0.05, 0.1) is 4.83 Å². The Morgan fingerprint density at radius 3 is 2.50 bits per heavy atom. The Hall–Kier alpha value is -0.560. The maximum Gasteiger partial charge on any atom is 0.0613 e. The molecule has 62 valence electrons. The fourth-order valence-corrected chi connectivity index (χ4v) is 2.44. The van der Waals surface area contributed by atoms with Crippen LogP contribution in [0.1, 0.15) is 29.8 Å². The summed E-state index contributed by atoms with van der Waals surface area (Å²) in [6, 6.07) is 8.57. The highest BCUT2D eigenvalue weighted by Crippen LogP contribution is 2.44. The van der Waals surface area contributed by atoms with E-state index >= 15 is 0 Å². The van der Waals surface area contributed by atoms with E-state index in [1.165, 1.54) is 22.3 Å². The van der Waals surface area contributed by atoms with Crippen LogP contribution < -0.4 is 0 Å². The molecule has 0 aliphatic heterocycles. The molecule has 1 aromatic rings. The Morgan fingerprint density at radius 1 is 1.17 bits per heavy atom. The highest BCUT2D eigenvalue weighted by molar-refractivity contribution is 9.09. The van der Waals surface area contributed by atoms with Crippen LogP contribution in [0.4, 0.5) is 0 Å². The maximum atomic E-state index is 3.68. The van der Waals surface area contributed by atoms with Crippen LogP contribution in [0.2, 0.25) is 0 Å². The summed E-state index contributed by atoms with van der Waals surface area (Å²) < 4.78 is 0. The standard InChI is InChI=1S/C11H11Br/c1-7-8(2)11(12)10-6-4-3-5-9(7)10/h3-6,11H,1-2H3. The molecular formula is C11H11Br. The van der Waals surface area contributed by atoms with E-state index in [1.807, 2.05) is 0 Å². The van der Waals surface area contributed by atoms with Gasteiger partial charge in [0, 0.05) is 0 Å². The van der Waals surface area contributed by atoms with Gasteiger partial charge in [-0.2, -0.15) is 0 Å².